The Morgan fingerprint density at radius 2 is 0.605 bits per heavy atom. The molecule has 0 fully saturated rings. The van der Waals surface area contributed by atoms with Gasteiger partial charge < -0.3 is 0 Å². The van der Waals surface area contributed by atoms with Crippen LogP contribution in [0.2, 0.25) is 8.87 Å². The van der Waals surface area contributed by atoms with Crippen LogP contribution in [0.25, 0.3) is 0 Å². The molecule has 0 aliphatic carbocycles. The van der Waals surface area contributed by atoms with Crippen LogP contribution >= 0.6 is 0 Å². The summed E-state index contributed by atoms with van der Waals surface area (Å²) in [4.78, 5) is 0. The van der Waals surface area contributed by atoms with Crippen molar-refractivity contribution >= 4 is 79.2 Å². The van der Waals surface area contributed by atoms with E-state index in [2.05, 4.69) is 196 Å². The Morgan fingerprint density at radius 1 is 0.372 bits per heavy atom. The summed E-state index contributed by atoms with van der Waals surface area (Å²) in [5.41, 5.74) is 0. The molecule has 212 valence electrons. The van der Waals surface area contributed by atoms with E-state index in [4.69, 9.17) is 0 Å². The number of benzene rings is 6. The molecule has 4 radical (unpaired) electrons. The van der Waals surface area contributed by atoms with Gasteiger partial charge in [-0.15, -0.1) is 0 Å². The second kappa shape index (κ2) is 19.7. The van der Waals surface area contributed by atoms with Crippen LogP contribution in [0.5, 0.6) is 0 Å². The third-order valence-electron chi connectivity index (χ3n) is 6.87. The summed E-state index contributed by atoms with van der Waals surface area (Å²) in [5, 5.41) is 0. The Labute approximate surface area is 281 Å². The minimum atomic E-state index is -1.98. The van der Waals surface area contributed by atoms with E-state index < -0.39 is 34.1 Å². The summed E-state index contributed by atoms with van der Waals surface area (Å²) >= 11 is -3.40. The van der Waals surface area contributed by atoms with Crippen LogP contribution in [-0.4, -0.2) is 55.3 Å². The Morgan fingerprint density at radius 3 is 0.814 bits per heavy atom. The molecule has 3 heteroatoms. The van der Waals surface area contributed by atoms with E-state index in [-0.39, 0.29) is 21.1 Å². The molecule has 0 saturated carbocycles. The van der Waals surface area contributed by atoms with E-state index in [1.807, 2.05) is 0 Å². The average molecular weight is 831 g/mol. The van der Waals surface area contributed by atoms with Crippen LogP contribution in [-0.2, 0) is 0 Å². The monoisotopic (exact) mass is 834 g/mol. The van der Waals surface area contributed by atoms with Crippen molar-refractivity contribution in [3.63, 3.8) is 0 Å². The molecule has 0 aliphatic rings. The van der Waals surface area contributed by atoms with Gasteiger partial charge in [-0.2, -0.15) is 0 Å². The number of hydrogen-bond donors (Lipinski definition) is 0. The quantitative estimate of drug-likeness (QED) is 0.166. The van der Waals surface area contributed by atoms with Crippen LogP contribution in [0.3, 0.4) is 0 Å². The van der Waals surface area contributed by atoms with Crippen molar-refractivity contribution in [1.82, 2.24) is 0 Å². The fourth-order valence-corrected chi connectivity index (χ4v) is 19.1. The molecule has 0 unspecified atom stereocenters. The van der Waals surface area contributed by atoms with E-state index in [1.165, 1.54) is 32.8 Å². The zero-order valence-corrected chi connectivity index (χ0v) is 33.0. The van der Waals surface area contributed by atoms with Gasteiger partial charge >= 0.3 is 284 Å². The molecule has 6 rings (SSSR count). The predicted molar refractivity (Wildman–Crippen MR) is 195 cm³/mol. The first-order valence-electron chi connectivity index (χ1n) is 15.1. The first-order chi connectivity index (χ1) is 21.3. The summed E-state index contributed by atoms with van der Waals surface area (Å²) in [6, 6.07) is 65.7. The zero-order valence-electron chi connectivity index (χ0n) is 25.2. The molecule has 0 heterocycles. The van der Waals surface area contributed by atoms with Gasteiger partial charge in [0.25, 0.3) is 0 Å². The molecular formula is C40H40GeSn2. The molecule has 0 nitrogen and oxygen atoms in total. The van der Waals surface area contributed by atoms with Crippen molar-refractivity contribution < 1.29 is 0 Å². The fraction of sp³-hybridized carbons (Fsp3) is 0.100. The van der Waals surface area contributed by atoms with E-state index in [9.17, 15) is 0 Å². The zero-order chi connectivity index (χ0) is 30.0. The molecule has 43 heavy (non-hydrogen) atoms. The molecule has 0 bridgehead atoms. The molecule has 0 aliphatic heterocycles. The molecule has 0 spiro atoms. The molecule has 6 aromatic rings. The van der Waals surface area contributed by atoms with Gasteiger partial charge in [-0.1, -0.05) is 0 Å². The van der Waals surface area contributed by atoms with Crippen molar-refractivity contribution in [2.45, 2.75) is 22.7 Å². The van der Waals surface area contributed by atoms with Gasteiger partial charge in [0.2, 0.25) is 0 Å². The van der Waals surface area contributed by atoms with Gasteiger partial charge in [-0.25, -0.2) is 0 Å². The van der Waals surface area contributed by atoms with Gasteiger partial charge in [0.1, 0.15) is 0 Å². The maximum atomic E-state index is 2.29. The van der Waals surface area contributed by atoms with Crippen molar-refractivity contribution in [2.75, 3.05) is 0 Å². The second-order valence-electron chi connectivity index (χ2n) is 9.90. The number of hydrogen-bond acceptors (Lipinski definition) is 0. The maximum absolute atomic E-state index is 2.29. The average Bonchev–Trinajstić information content (AvgIpc) is 3.09. The van der Waals surface area contributed by atoms with Crippen molar-refractivity contribution in [3.05, 3.63) is 182 Å². The van der Waals surface area contributed by atoms with Crippen LogP contribution in [0.1, 0.15) is 13.8 Å². The Balaban J connectivity index is 0.000000171. The molecule has 0 saturated heterocycles. The molecular weight excluding hydrogens is 790 g/mol. The Bertz CT molecular complexity index is 1220. The van der Waals surface area contributed by atoms with Crippen molar-refractivity contribution in [1.29, 1.82) is 0 Å². The van der Waals surface area contributed by atoms with Gasteiger partial charge in [-0.3, -0.25) is 0 Å². The van der Waals surface area contributed by atoms with E-state index in [0.717, 1.165) is 0 Å². The topological polar surface area (TPSA) is 0 Å². The van der Waals surface area contributed by atoms with Crippen LogP contribution in [0, 0.1) is 0 Å². The van der Waals surface area contributed by atoms with E-state index >= 15 is 0 Å². The van der Waals surface area contributed by atoms with Crippen LogP contribution < -0.4 is 23.9 Å². The van der Waals surface area contributed by atoms with Gasteiger partial charge in [0.05, 0.1) is 0 Å². The summed E-state index contributed by atoms with van der Waals surface area (Å²) in [7, 11) is 0. The predicted octanol–water partition coefficient (Wildman–Crippen LogP) is 5.97. The summed E-state index contributed by atoms with van der Waals surface area (Å²) in [6.45, 7) is 4.57. The third kappa shape index (κ3) is 10.8. The van der Waals surface area contributed by atoms with Crippen molar-refractivity contribution in [3.8, 4) is 0 Å². The number of rotatable bonds is 8. The summed E-state index contributed by atoms with van der Waals surface area (Å²) < 4.78 is 12.1. The first kappa shape index (κ1) is 33.4. The third-order valence-corrected chi connectivity index (χ3v) is 23.3. The Hall–Kier alpha value is -2.54. The summed E-state index contributed by atoms with van der Waals surface area (Å²) in [5.74, 6) is 0. The van der Waals surface area contributed by atoms with Gasteiger partial charge in [0, 0.05) is 0 Å². The second-order valence-corrected chi connectivity index (χ2v) is 27.7. The van der Waals surface area contributed by atoms with Gasteiger partial charge in [-0.05, 0) is 0 Å². The van der Waals surface area contributed by atoms with E-state index in [0.29, 0.717) is 0 Å². The van der Waals surface area contributed by atoms with Gasteiger partial charge in [0.15, 0.2) is 0 Å². The molecule has 0 aromatic heterocycles. The van der Waals surface area contributed by atoms with Crippen LogP contribution in [0.15, 0.2) is 182 Å². The normalized spacial score (nSPS) is 10.3. The first-order valence-corrected chi connectivity index (χ1v) is 26.5. The van der Waals surface area contributed by atoms with Crippen LogP contribution in [0.4, 0.5) is 0 Å². The molecule has 0 amide bonds. The molecule has 0 atom stereocenters. The Kier molecular flexibility index (Phi) is 15.3. The minimum absolute atomic E-state index is 0.218. The molecule has 0 N–H and O–H groups in total. The standard InChI is InChI=1S/C18H15Ge.3C6H5.2C2H5.2Sn/c1-4-10-16(11-5-1)19(17-12-6-2-7-13-17)18-14-8-3-9-15-18;3*1-2-4-6-5-3-1;2*1-2;;/h1-15H;3*1-5H;2*1H2,2H3;;. The molecule has 6 aromatic carbocycles. The fourth-order valence-electron chi connectivity index (χ4n) is 4.88. The van der Waals surface area contributed by atoms with Crippen molar-refractivity contribution in [2.24, 2.45) is 0 Å². The van der Waals surface area contributed by atoms with E-state index in [1.54, 1.807) is 0 Å². The SMILES string of the molecule is C[CH2][Sn][CH2]C.c1cc[c]([Ge]([c]2ccccc2)[c]2ccccc2)cc1.c1cc[c]([Sn]([c]2ccccc2)[c]2ccccc2)cc1. The summed E-state index contributed by atoms with van der Waals surface area (Å²) in [6.07, 6.45) is 0.